The maximum atomic E-state index is 11.6. The van der Waals surface area contributed by atoms with Crippen molar-refractivity contribution in [2.45, 2.75) is 24.8 Å². The Morgan fingerprint density at radius 3 is 2.87 bits per heavy atom. The summed E-state index contributed by atoms with van der Waals surface area (Å²) in [6.07, 6.45) is 0.443. The lowest BCUT2D eigenvalue weighted by molar-refractivity contribution is -0.139. The molecule has 1 aliphatic heterocycles. The summed E-state index contributed by atoms with van der Waals surface area (Å²) in [5.41, 5.74) is 7.40. The predicted octanol–water partition coefficient (Wildman–Crippen LogP) is 1.76. The van der Waals surface area contributed by atoms with Crippen LogP contribution in [0.3, 0.4) is 0 Å². The number of nitrogens with zero attached hydrogens (tertiary/aromatic N) is 4. The monoisotopic (exact) mass is 309 g/mol. The first-order valence-electron chi connectivity index (χ1n) is 7.40. The zero-order valence-corrected chi connectivity index (χ0v) is 12.3. The highest BCUT2D eigenvalue weighted by atomic mass is 16.4. The quantitative estimate of drug-likeness (QED) is 0.747. The number of carboxylic acid groups (broad SMARTS) is 1. The normalized spacial score (nSPS) is 20.3. The van der Waals surface area contributed by atoms with E-state index in [0.29, 0.717) is 18.8 Å². The number of carboxylic acids is 1. The van der Waals surface area contributed by atoms with Crippen LogP contribution < -0.4 is 5.73 Å². The second-order valence-corrected chi connectivity index (χ2v) is 5.76. The van der Waals surface area contributed by atoms with Crippen LogP contribution in [0.25, 0.3) is 10.9 Å². The molecule has 0 bridgehead atoms. The minimum Gasteiger partial charge on any atom is -0.481 e. The van der Waals surface area contributed by atoms with Gasteiger partial charge in [-0.25, -0.2) is 4.68 Å². The summed E-state index contributed by atoms with van der Waals surface area (Å²) in [7, 11) is 0. The van der Waals surface area contributed by atoms with E-state index in [0.717, 1.165) is 16.6 Å². The van der Waals surface area contributed by atoms with Crippen molar-refractivity contribution in [3.05, 3.63) is 47.9 Å². The third-order valence-corrected chi connectivity index (χ3v) is 4.28. The zero-order chi connectivity index (χ0) is 16.0. The highest BCUT2D eigenvalue weighted by molar-refractivity contribution is 5.78. The second kappa shape index (κ2) is 5.05. The topological polar surface area (TPSA) is 107 Å². The molecular formula is C16H15N5O2. The van der Waals surface area contributed by atoms with Crippen LogP contribution in [0.2, 0.25) is 0 Å². The number of hydrogen-bond donors (Lipinski definition) is 2. The van der Waals surface area contributed by atoms with E-state index in [1.165, 1.54) is 0 Å². The lowest BCUT2D eigenvalue weighted by Gasteiger charge is -2.26. The fourth-order valence-corrected chi connectivity index (χ4v) is 3.17. The van der Waals surface area contributed by atoms with E-state index in [-0.39, 0.29) is 11.9 Å². The predicted molar refractivity (Wildman–Crippen MR) is 83.9 cm³/mol. The average molecular weight is 309 g/mol. The highest BCUT2D eigenvalue weighted by Gasteiger charge is 2.35. The van der Waals surface area contributed by atoms with Crippen molar-refractivity contribution in [3.63, 3.8) is 0 Å². The molecule has 0 amide bonds. The fourth-order valence-electron chi connectivity index (χ4n) is 3.17. The van der Waals surface area contributed by atoms with Crippen LogP contribution in [0.1, 0.15) is 29.8 Å². The number of aliphatic carboxylic acids is 1. The van der Waals surface area contributed by atoms with Gasteiger partial charge in [0.1, 0.15) is 11.7 Å². The summed E-state index contributed by atoms with van der Waals surface area (Å²) < 4.78 is 1.60. The summed E-state index contributed by atoms with van der Waals surface area (Å²) in [5.74, 6) is -1.13. The van der Waals surface area contributed by atoms with Gasteiger partial charge in [0.25, 0.3) is 0 Å². The van der Waals surface area contributed by atoms with Gasteiger partial charge in [-0.2, -0.15) is 4.98 Å². The van der Waals surface area contributed by atoms with Crippen molar-refractivity contribution >= 4 is 22.8 Å². The average Bonchev–Trinajstić information content (AvgIpc) is 2.93. The van der Waals surface area contributed by atoms with E-state index in [1.54, 1.807) is 4.68 Å². The van der Waals surface area contributed by atoms with Crippen LogP contribution in [-0.4, -0.2) is 30.8 Å². The van der Waals surface area contributed by atoms with Gasteiger partial charge in [-0.05, 0) is 18.6 Å². The molecule has 2 atom stereocenters. The van der Waals surface area contributed by atoms with E-state index in [2.05, 4.69) is 15.1 Å². The first-order chi connectivity index (χ1) is 11.1. The van der Waals surface area contributed by atoms with Gasteiger partial charge in [0.15, 0.2) is 0 Å². The summed E-state index contributed by atoms with van der Waals surface area (Å²) >= 11 is 0. The number of benzene rings is 1. The Morgan fingerprint density at radius 1 is 1.22 bits per heavy atom. The van der Waals surface area contributed by atoms with Crippen LogP contribution >= 0.6 is 0 Å². The van der Waals surface area contributed by atoms with Crippen molar-refractivity contribution in [2.24, 2.45) is 0 Å². The number of aromatic nitrogens is 4. The Balaban J connectivity index is 1.75. The smallest absolute Gasteiger partial charge is 0.314 e. The third kappa shape index (κ3) is 2.30. The number of rotatable bonds is 2. The Morgan fingerprint density at radius 2 is 2.04 bits per heavy atom. The Kier molecular flexibility index (Phi) is 3.00. The molecule has 0 radical (unpaired) electrons. The van der Waals surface area contributed by atoms with Crippen LogP contribution in [0, 0.1) is 0 Å². The maximum absolute atomic E-state index is 11.6. The standard InChI is InChI=1S/C16H15N5O2/c17-16-19-14-11(15(22)23)7-10(8-21(14)20-16)13-6-5-9-3-1-2-4-12(9)18-13/h1-6,10-11H,7-8H2,(H2,17,20)(H,22,23). The highest BCUT2D eigenvalue weighted by Crippen LogP contribution is 2.35. The first kappa shape index (κ1) is 13.7. The van der Waals surface area contributed by atoms with Crippen LogP contribution in [0.15, 0.2) is 36.4 Å². The minimum atomic E-state index is -0.913. The maximum Gasteiger partial charge on any atom is 0.314 e. The second-order valence-electron chi connectivity index (χ2n) is 5.76. The SMILES string of the molecule is Nc1nc2n(n1)CC(c1ccc3ccccc3n1)CC2C(=O)O. The van der Waals surface area contributed by atoms with Gasteiger partial charge in [-0.3, -0.25) is 9.78 Å². The van der Waals surface area contributed by atoms with Gasteiger partial charge in [-0.1, -0.05) is 24.3 Å². The number of para-hydroxylation sites is 1. The molecule has 1 aromatic carbocycles. The van der Waals surface area contributed by atoms with E-state index < -0.39 is 11.9 Å². The Labute approximate surface area is 131 Å². The first-order valence-corrected chi connectivity index (χ1v) is 7.40. The van der Waals surface area contributed by atoms with Gasteiger partial charge in [0, 0.05) is 17.0 Å². The van der Waals surface area contributed by atoms with Crippen molar-refractivity contribution in [2.75, 3.05) is 5.73 Å². The molecule has 7 nitrogen and oxygen atoms in total. The number of pyridine rings is 1. The number of hydrogen-bond acceptors (Lipinski definition) is 5. The van der Waals surface area contributed by atoms with E-state index >= 15 is 0 Å². The summed E-state index contributed by atoms with van der Waals surface area (Å²) in [4.78, 5) is 20.3. The minimum absolute atomic E-state index is 0.0330. The van der Waals surface area contributed by atoms with Gasteiger partial charge < -0.3 is 10.8 Å². The van der Waals surface area contributed by atoms with Gasteiger partial charge >= 0.3 is 5.97 Å². The van der Waals surface area contributed by atoms with Gasteiger partial charge in [0.2, 0.25) is 5.95 Å². The molecule has 0 spiro atoms. The van der Waals surface area contributed by atoms with E-state index in [4.69, 9.17) is 5.73 Å². The number of nitrogen functional groups attached to an aromatic ring is 1. The Bertz CT molecular complexity index is 904. The third-order valence-electron chi connectivity index (χ3n) is 4.28. The van der Waals surface area contributed by atoms with E-state index in [1.807, 2.05) is 36.4 Å². The summed E-state index contributed by atoms with van der Waals surface area (Å²) in [5, 5.41) is 14.7. The van der Waals surface area contributed by atoms with Crippen LogP contribution in [0.5, 0.6) is 0 Å². The molecule has 3 heterocycles. The molecule has 2 unspecified atom stereocenters. The van der Waals surface area contributed by atoms with Crippen LogP contribution in [-0.2, 0) is 11.3 Å². The lowest BCUT2D eigenvalue weighted by atomic mass is 9.88. The molecule has 23 heavy (non-hydrogen) atoms. The number of fused-ring (bicyclic) bond motifs is 2. The largest absolute Gasteiger partial charge is 0.481 e. The fraction of sp³-hybridized carbons (Fsp3) is 0.250. The van der Waals surface area contributed by atoms with E-state index in [9.17, 15) is 9.90 Å². The molecule has 0 saturated heterocycles. The zero-order valence-electron chi connectivity index (χ0n) is 12.3. The van der Waals surface area contributed by atoms with Crippen molar-refractivity contribution in [3.8, 4) is 0 Å². The van der Waals surface area contributed by atoms with Crippen LogP contribution in [0.4, 0.5) is 5.95 Å². The van der Waals surface area contributed by atoms with Crippen molar-refractivity contribution in [1.82, 2.24) is 19.7 Å². The number of anilines is 1. The molecule has 2 aromatic heterocycles. The van der Waals surface area contributed by atoms with Crippen molar-refractivity contribution in [1.29, 1.82) is 0 Å². The Hall–Kier alpha value is -2.96. The lowest BCUT2D eigenvalue weighted by Crippen LogP contribution is -2.28. The number of nitrogens with two attached hydrogens (primary N) is 1. The summed E-state index contributed by atoms with van der Waals surface area (Å²) in [6.45, 7) is 0.536. The number of carbonyl (C=O) groups is 1. The van der Waals surface area contributed by atoms with Crippen molar-refractivity contribution < 1.29 is 9.90 Å². The molecule has 3 aromatic rings. The molecule has 3 N–H and O–H groups in total. The molecule has 0 aliphatic carbocycles. The molecule has 7 heteroatoms. The molecular weight excluding hydrogens is 294 g/mol. The summed E-state index contributed by atoms with van der Waals surface area (Å²) in [6, 6.07) is 11.8. The molecule has 116 valence electrons. The van der Waals surface area contributed by atoms with Gasteiger partial charge in [-0.15, -0.1) is 5.10 Å². The molecule has 0 fully saturated rings. The molecule has 4 rings (SSSR count). The molecule has 0 saturated carbocycles. The molecule has 1 aliphatic rings. The van der Waals surface area contributed by atoms with Gasteiger partial charge in [0.05, 0.1) is 12.1 Å².